The minimum Gasteiger partial charge on any atom is -0.457 e. The fourth-order valence-corrected chi connectivity index (χ4v) is 8.42. The predicted molar refractivity (Wildman–Crippen MR) is 308 cm³/mol. The molecule has 80 heavy (non-hydrogen) atoms. The van der Waals surface area contributed by atoms with Gasteiger partial charge in [0.05, 0.1) is 5.02 Å². The van der Waals surface area contributed by atoms with E-state index in [1.165, 1.54) is 0 Å². The SMILES string of the molecule is O=C(c1ccc(Oc2ccc(Oc3ccc(Oc4ccc(Oc5ccc(Oc6ccc(Oc7ccc(Oc8ccccc8)cc7)cc6)cc5)cc4)cc3)cc2)cc1)c1ccc(Oc2ccc(C(=O)c3cc(Cl)ccc3Cl)cc2)cc1. The van der Waals surface area contributed by atoms with Gasteiger partial charge in [-0.2, -0.15) is 0 Å². The molecule has 390 valence electrons. The van der Waals surface area contributed by atoms with E-state index in [-0.39, 0.29) is 11.6 Å². The Kier molecular flexibility index (Phi) is 15.8. The first-order valence-corrected chi connectivity index (χ1v) is 25.8. The van der Waals surface area contributed by atoms with Crippen molar-refractivity contribution in [1.29, 1.82) is 0 Å². The maximum atomic E-state index is 13.3. The van der Waals surface area contributed by atoms with Gasteiger partial charge in [0.15, 0.2) is 11.6 Å². The maximum Gasteiger partial charge on any atom is 0.194 e. The summed E-state index contributed by atoms with van der Waals surface area (Å²) in [6.07, 6.45) is 0. The second-order valence-electron chi connectivity index (χ2n) is 17.8. The van der Waals surface area contributed by atoms with Gasteiger partial charge in [0.2, 0.25) is 0 Å². The molecule has 0 saturated heterocycles. The molecule has 0 spiro atoms. The van der Waals surface area contributed by atoms with Gasteiger partial charge in [0.25, 0.3) is 0 Å². The Morgan fingerprint density at radius 2 is 0.425 bits per heavy atom. The summed E-state index contributed by atoms with van der Waals surface area (Å²) in [6, 6.07) is 79.1. The van der Waals surface area contributed by atoms with Gasteiger partial charge in [-0.05, 0) is 249 Å². The number of benzene rings is 11. The molecule has 0 unspecified atom stereocenters. The van der Waals surface area contributed by atoms with Gasteiger partial charge in [-0.25, -0.2) is 0 Å². The Balaban J connectivity index is 0.597. The second-order valence-corrected chi connectivity index (χ2v) is 18.7. The molecule has 0 bridgehead atoms. The van der Waals surface area contributed by atoms with E-state index in [0.717, 1.165) is 11.5 Å². The average Bonchev–Trinajstić information content (AvgIpc) is 3.50. The van der Waals surface area contributed by atoms with Crippen LogP contribution in [0.3, 0.4) is 0 Å². The summed E-state index contributed by atoms with van der Waals surface area (Å²) in [5.74, 6) is 9.86. The standard InChI is InChI=1S/C68H44Cl2O10/c69-48-12-43-66(70)65(44-48)68(72)47-10-17-52(18-11-47)74-50-13-6-45(7-14-50)67(71)46-8-15-51(16-9-46)75-54-23-25-56(26-24-54)77-58-31-33-60(34-32-58)79-62-39-41-64(42-40-62)80-63-37-35-61(36-38-63)78-59-29-27-57(28-30-59)76-55-21-19-53(20-22-55)73-49-4-2-1-3-5-49/h1-44H. The highest BCUT2D eigenvalue weighted by Crippen LogP contribution is 2.35. The predicted octanol–water partition coefficient (Wildman–Crippen LogP) is 19.8. The van der Waals surface area contributed by atoms with Gasteiger partial charge < -0.3 is 37.9 Å². The molecule has 0 N–H and O–H groups in total. The second kappa shape index (κ2) is 24.4. The van der Waals surface area contributed by atoms with Crippen molar-refractivity contribution in [1.82, 2.24) is 0 Å². The van der Waals surface area contributed by atoms with Crippen LogP contribution in [0, 0.1) is 0 Å². The Labute approximate surface area is 471 Å². The zero-order chi connectivity index (χ0) is 54.6. The molecule has 0 radical (unpaired) electrons. The van der Waals surface area contributed by atoms with E-state index < -0.39 is 0 Å². The Hall–Kier alpha value is -10.3. The van der Waals surface area contributed by atoms with Crippen molar-refractivity contribution >= 4 is 34.8 Å². The first-order chi connectivity index (χ1) is 39.2. The summed E-state index contributed by atoms with van der Waals surface area (Å²) in [4.78, 5) is 26.3. The molecule has 0 heterocycles. The molecule has 11 aromatic carbocycles. The first kappa shape index (κ1) is 51.8. The van der Waals surface area contributed by atoms with E-state index in [4.69, 9.17) is 61.1 Å². The molecule has 0 amide bonds. The lowest BCUT2D eigenvalue weighted by Gasteiger charge is -2.11. The molecule has 12 heteroatoms. The molecule has 0 aliphatic heterocycles. The number of carbonyl (C=O) groups excluding carboxylic acids is 2. The Bertz CT molecular complexity index is 3860. The molecule has 0 saturated carbocycles. The minimum atomic E-state index is -0.249. The monoisotopic (exact) mass is 1090 g/mol. The van der Waals surface area contributed by atoms with Crippen LogP contribution in [0.1, 0.15) is 31.8 Å². The minimum absolute atomic E-state index is 0.153. The molecule has 0 fully saturated rings. The van der Waals surface area contributed by atoms with E-state index in [1.807, 2.05) is 164 Å². The topological polar surface area (TPSA) is 108 Å². The first-order valence-electron chi connectivity index (χ1n) is 25.1. The molecule has 0 aliphatic rings. The molecule has 11 rings (SSSR count). The van der Waals surface area contributed by atoms with E-state index >= 15 is 0 Å². The summed E-state index contributed by atoms with van der Waals surface area (Å²) in [6.45, 7) is 0. The Morgan fingerprint density at radius 1 is 0.225 bits per heavy atom. The average molecular weight is 1090 g/mol. The lowest BCUT2D eigenvalue weighted by molar-refractivity contribution is 0.103. The smallest absolute Gasteiger partial charge is 0.194 e. The normalized spacial score (nSPS) is 10.7. The van der Waals surface area contributed by atoms with Crippen LogP contribution in [0.15, 0.2) is 267 Å². The van der Waals surface area contributed by atoms with Crippen molar-refractivity contribution < 1.29 is 47.5 Å². The Morgan fingerprint density at radius 3 is 0.662 bits per heavy atom. The highest BCUT2D eigenvalue weighted by atomic mass is 35.5. The summed E-state index contributed by atoms with van der Waals surface area (Å²) in [7, 11) is 0. The van der Waals surface area contributed by atoms with Crippen molar-refractivity contribution in [2.24, 2.45) is 0 Å². The number of carbonyl (C=O) groups is 2. The van der Waals surface area contributed by atoms with Crippen LogP contribution in [0.5, 0.6) is 92.0 Å². The van der Waals surface area contributed by atoms with Gasteiger partial charge in [-0.1, -0.05) is 41.4 Å². The van der Waals surface area contributed by atoms with E-state index in [9.17, 15) is 9.59 Å². The molecule has 0 aliphatic carbocycles. The highest BCUT2D eigenvalue weighted by molar-refractivity contribution is 6.36. The number of ketones is 2. The third kappa shape index (κ3) is 13.6. The fraction of sp³-hybridized carbons (Fsp3) is 0. The number of hydrogen-bond donors (Lipinski definition) is 0. The molecular formula is C68H44Cl2O10. The third-order valence-electron chi connectivity index (χ3n) is 12.1. The van der Waals surface area contributed by atoms with Crippen molar-refractivity contribution in [2.75, 3.05) is 0 Å². The molecule has 0 atom stereocenters. The van der Waals surface area contributed by atoms with Crippen LogP contribution in [-0.2, 0) is 0 Å². The highest BCUT2D eigenvalue weighted by Gasteiger charge is 2.15. The van der Waals surface area contributed by atoms with Gasteiger partial charge in [0, 0.05) is 27.3 Å². The lowest BCUT2D eigenvalue weighted by Crippen LogP contribution is -2.02. The van der Waals surface area contributed by atoms with Crippen molar-refractivity contribution in [2.45, 2.75) is 0 Å². The van der Waals surface area contributed by atoms with Crippen molar-refractivity contribution in [3.63, 3.8) is 0 Å². The number of rotatable bonds is 20. The van der Waals surface area contributed by atoms with Crippen LogP contribution in [-0.4, -0.2) is 11.6 Å². The van der Waals surface area contributed by atoms with E-state index in [1.54, 1.807) is 103 Å². The summed E-state index contributed by atoms with van der Waals surface area (Å²) in [5, 5.41) is 0.745. The zero-order valence-electron chi connectivity index (χ0n) is 42.2. The zero-order valence-corrected chi connectivity index (χ0v) is 43.8. The van der Waals surface area contributed by atoms with E-state index in [0.29, 0.717) is 113 Å². The number of ether oxygens (including phenoxy) is 8. The van der Waals surface area contributed by atoms with E-state index in [2.05, 4.69) is 0 Å². The molecule has 0 aromatic heterocycles. The largest absolute Gasteiger partial charge is 0.457 e. The van der Waals surface area contributed by atoms with Gasteiger partial charge in [0.1, 0.15) is 92.0 Å². The molecular weight excluding hydrogens is 1050 g/mol. The van der Waals surface area contributed by atoms with Crippen LogP contribution in [0.25, 0.3) is 0 Å². The van der Waals surface area contributed by atoms with Crippen LogP contribution < -0.4 is 37.9 Å². The number of halogens is 2. The number of para-hydroxylation sites is 1. The van der Waals surface area contributed by atoms with Crippen LogP contribution >= 0.6 is 23.2 Å². The quantitative estimate of drug-likeness (QED) is 0.0685. The van der Waals surface area contributed by atoms with Crippen LogP contribution in [0.2, 0.25) is 10.0 Å². The third-order valence-corrected chi connectivity index (χ3v) is 12.7. The summed E-state index contributed by atoms with van der Waals surface area (Å²) >= 11 is 12.3. The van der Waals surface area contributed by atoms with Crippen molar-refractivity contribution in [3.05, 3.63) is 299 Å². The molecule has 11 aromatic rings. The lowest BCUT2D eigenvalue weighted by atomic mass is 10.0. The fourth-order valence-electron chi connectivity index (χ4n) is 8.05. The van der Waals surface area contributed by atoms with Gasteiger partial charge in [-0.15, -0.1) is 0 Å². The van der Waals surface area contributed by atoms with Crippen LogP contribution in [0.4, 0.5) is 0 Å². The van der Waals surface area contributed by atoms with Gasteiger partial charge >= 0.3 is 0 Å². The van der Waals surface area contributed by atoms with Gasteiger partial charge in [-0.3, -0.25) is 9.59 Å². The maximum absolute atomic E-state index is 13.3. The summed E-state index contributed by atoms with van der Waals surface area (Å²) in [5.41, 5.74) is 1.76. The summed E-state index contributed by atoms with van der Waals surface area (Å²) < 4.78 is 48.2. The van der Waals surface area contributed by atoms with Crippen molar-refractivity contribution in [3.8, 4) is 92.0 Å². The number of hydrogen-bond acceptors (Lipinski definition) is 10. The molecule has 10 nitrogen and oxygen atoms in total.